The van der Waals surface area contributed by atoms with Crippen LogP contribution in [-0.2, 0) is 6.42 Å². The Hall–Kier alpha value is -1.61. The van der Waals surface area contributed by atoms with Crippen LogP contribution in [0.25, 0.3) is 10.9 Å². The number of fused-ring (bicyclic) bond motifs is 1. The van der Waals surface area contributed by atoms with E-state index in [0.717, 1.165) is 29.4 Å². The van der Waals surface area contributed by atoms with E-state index in [9.17, 15) is 4.79 Å². The van der Waals surface area contributed by atoms with Gasteiger partial charge in [-0.1, -0.05) is 19.9 Å². The standard InChI is InChI=1S/C16H22N2O/c1-5-12-8-14-9-13(11(2)10-18(3)4)6-7-15(14)17-16(12)19/h6-9,11H,5,10H2,1-4H3,(H,17,19). The van der Waals surface area contributed by atoms with Crippen molar-refractivity contribution in [2.45, 2.75) is 26.2 Å². The Morgan fingerprint density at radius 1 is 1.26 bits per heavy atom. The van der Waals surface area contributed by atoms with Crippen LogP contribution in [-0.4, -0.2) is 30.5 Å². The molecule has 0 fully saturated rings. The van der Waals surface area contributed by atoms with E-state index >= 15 is 0 Å². The Balaban J connectivity index is 2.44. The second kappa shape index (κ2) is 5.57. The van der Waals surface area contributed by atoms with Crippen molar-refractivity contribution < 1.29 is 0 Å². The molecule has 1 aromatic heterocycles. The average Bonchev–Trinajstić information content (AvgIpc) is 2.36. The van der Waals surface area contributed by atoms with Crippen LogP contribution in [0.4, 0.5) is 0 Å². The van der Waals surface area contributed by atoms with Crippen molar-refractivity contribution >= 4 is 10.9 Å². The lowest BCUT2D eigenvalue weighted by Crippen LogP contribution is -2.18. The first-order valence-corrected chi connectivity index (χ1v) is 6.82. The third-order valence-corrected chi connectivity index (χ3v) is 3.53. The third kappa shape index (κ3) is 3.04. The van der Waals surface area contributed by atoms with Crippen LogP contribution >= 0.6 is 0 Å². The molecule has 1 unspecified atom stereocenters. The minimum atomic E-state index is 0.0316. The summed E-state index contributed by atoms with van der Waals surface area (Å²) >= 11 is 0. The molecule has 3 nitrogen and oxygen atoms in total. The molecule has 3 heteroatoms. The fourth-order valence-corrected chi connectivity index (χ4v) is 2.49. The van der Waals surface area contributed by atoms with Crippen LogP contribution in [0.5, 0.6) is 0 Å². The van der Waals surface area contributed by atoms with E-state index in [2.05, 4.69) is 43.0 Å². The average molecular weight is 258 g/mol. The minimum absolute atomic E-state index is 0.0316. The van der Waals surface area contributed by atoms with E-state index in [4.69, 9.17) is 0 Å². The first kappa shape index (κ1) is 13.8. The van der Waals surface area contributed by atoms with E-state index in [1.807, 2.05) is 19.1 Å². The van der Waals surface area contributed by atoms with Crippen molar-refractivity contribution in [3.05, 3.63) is 45.7 Å². The second-order valence-corrected chi connectivity index (χ2v) is 5.49. The fraction of sp³-hybridized carbons (Fsp3) is 0.438. The van der Waals surface area contributed by atoms with E-state index in [1.54, 1.807) is 0 Å². The van der Waals surface area contributed by atoms with E-state index in [0.29, 0.717) is 5.92 Å². The molecule has 19 heavy (non-hydrogen) atoms. The highest BCUT2D eigenvalue weighted by atomic mass is 16.1. The van der Waals surface area contributed by atoms with Crippen LogP contribution in [0.15, 0.2) is 29.1 Å². The number of aryl methyl sites for hydroxylation is 1. The summed E-state index contributed by atoms with van der Waals surface area (Å²) in [6.07, 6.45) is 0.767. The molecule has 0 radical (unpaired) electrons. The van der Waals surface area contributed by atoms with E-state index in [-0.39, 0.29) is 5.56 Å². The summed E-state index contributed by atoms with van der Waals surface area (Å²) in [5, 5.41) is 1.12. The van der Waals surface area contributed by atoms with Crippen LogP contribution in [0.1, 0.15) is 30.9 Å². The van der Waals surface area contributed by atoms with Crippen LogP contribution in [0, 0.1) is 0 Å². The van der Waals surface area contributed by atoms with Gasteiger partial charge >= 0.3 is 0 Å². The molecular weight excluding hydrogens is 236 g/mol. The van der Waals surface area contributed by atoms with E-state index < -0.39 is 0 Å². The zero-order valence-electron chi connectivity index (χ0n) is 12.2. The third-order valence-electron chi connectivity index (χ3n) is 3.53. The minimum Gasteiger partial charge on any atom is -0.322 e. The first-order chi connectivity index (χ1) is 9.01. The molecule has 2 rings (SSSR count). The number of nitrogens with one attached hydrogen (secondary N) is 1. The van der Waals surface area contributed by atoms with Crippen LogP contribution in [0.3, 0.4) is 0 Å². The monoisotopic (exact) mass is 258 g/mol. The quantitative estimate of drug-likeness (QED) is 0.915. The highest BCUT2D eigenvalue weighted by molar-refractivity contribution is 5.79. The van der Waals surface area contributed by atoms with Gasteiger partial charge in [-0.15, -0.1) is 0 Å². The lowest BCUT2D eigenvalue weighted by Gasteiger charge is -2.17. The highest BCUT2D eigenvalue weighted by Crippen LogP contribution is 2.21. The summed E-state index contributed by atoms with van der Waals surface area (Å²) in [4.78, 5) is 16.9. The maximum absolute atomic E-state index is 11.8. The maximum Gasteiger partial charge on any atom is 0.251 e. The van der Waals surface area contributed by atoms with Crippen molar-refractivity contribution in [2.24, 2.45) is 0 Å². The SMILES string of the molecule is CCc1cc2cc(C(C)CN(C)C)ccc2[nH]c1=O. The molecule has 0 aliphatic carbocycles. The summed E-state index contributed by atoms with van der Waals surface area (Å²) in [6, 6.07) is 8.33. The topological polar surface area (TPSA) is 36.1 Å². The number of pyridine rings is 1. The molecule has 0 amide bonds. The van der Waals surface area contributed by atoms with Crippen molar-refractivity contribution in [1.82, 2.24) is 9.88 Å². The zero-order chi connectivity index (χ0) is 14.0. The van der Waals surface area contributed by atoms with Crippen LogP contribution < -0.4 is 5.56 Å². The molecule has 0 aliphatic heterocycles. The molecule has 0 aliphatic rings. The largest absolute Gasteiger partial charge is 0.322 e. The molecule has 1 atom stereocenters. The van der Waals surface area contributed by atoms with Crippen molar-refractivity contribution in [3.8, 4) is 0 Å². The van der Waals surface area contributed by atoms with Crippen LogP contribution in [0.2, 0.25) is 0 Å². The van der Waals surface area contributed by atoms with Crippen molar-refractivity contribution in [2.75, 3.05) is 20.6 Å². The number of hydrogen-bond acceptors (Lipinski definition) is 2. The van der Waals surface area contributed by atoms with Gasteiger partial charge in [0.05, 0.1) is 0 Å². The van der Waals surface area contributed by atoms with Gasteiger partial charge in [0.15, 0.2) is 0 Å². The van der Waals surface area contributed by atoms with Gasteiger partial charge in [0.25, 0.3) is 5.56 Å². The van der Waals surface area contributed by atoms with Gasteiger partial charge < -0.3 is 9.88 Å². The Labute approximate surface area is 114 Å². The van der Waals surface area contributed by atoms with Gasteiger partial charge in [-0.25, -0.2) is 0 Å². The van der Waals surface area contributed by atoms with Gasteiger partial charge in [0, 0.05) is 17.6 Å². The number of benzene rings is 1. The molecule has 1 heterocycles. The summed E-state index contributed by atoms with van der Waals surface area (Å²) in [5.74, 6) is 0.483. The Kier molecular flexibility index (Phi) is 4.05. The zero-order valence-corrected chi connectivity index (χ0v) is 12.2. The van der Waals surface area contributed by atoms with Gasteiger partial charge in [-0.3, -0.25) is 4.79 Å². The number of hydrogen-bond donors (Lipinski definition) is 1. The highest BCUT2D eigenvalue weighted by Gasteiger charge is 2.08. The maximum atomic E-state index is 11.8. The number of aromatic nitrogens is 1. The Bertz CT molecular complexity index is 628. The summed E-state index contributed by atoms with van der Waals surface area (Å²) in [7, 11) is 4.18. The molecular formula is C16H22N2O. The lowest BCUT2D eigenvalue weighted by molar-refractivity contribution is 0.383. The predicted octanol–water partition coefficient (Wildman–Crippen LogP) is 2.76. The number of nitrogens with zero attached hydrogens (tertiary/aromatic N) is 1. The molecule has 0 spiro atoms. The van der Waals surface area contributed by atoms with Gasteiger partial charge in [-0.2, -0.15) is 0 Å². The number of H-pyrrole nitrogens is 1. The number of likely N-dealkylation sites (N-methyl/N-ethyl adjacent to an activating group) is 1. The molecule has 102 valence electrons. The van der Waals surface area contributed by atoms with E-state index in [1.165, 1.54) is 5.56 Å². The lowest BCUT2D eigenvalue weighted by atomic mass is 9.98. The van der Waals surface area contributed by atoms with Gasteiger partial charge in [0.2, 0.25) is 0 Å². The predicted molar refractivity (Wildman–Crippen MR) is 80.9 cm³/mol. The summed E-state index contributed by atoms with van der Waals surface area (Å²) < 4.78 is 0. The van der Waals surface area contributed by atoms with Gasteiger partial charge in [-0.05, 0) is 55.6 Å². The number of aromatic amines is 1. The molecule has 2 aromatic rings. The van der Waals surface area contributed by atoms with Gasteiger partial charge in [0.1, 0.15) is 0 Å². The smallest absolute Gasteiger partial charge is 0.251 e. The molecule has 1 N–H and O–H groups in total. The molecule has 0 saturated heterocycles. The summed E-state index contributed by atoms with van der Waals surface area (Å²) in [5.41, 5.74) is 3.12. The molecule has 0 saturated carbocycles. The van der Waals surface area contributed by atoms with Crippen molar-refractivity contribution in [3.63, 3.8) is 0 Å². The number of rotatable bonds is 4. The molecule has 0 bridgehead atoms. The molecule has 1 aromatic carbocycles. The Morgan fingerprint density at radius 2 is 2.00 bits per heavy atom. The second-order valence-electron chi connectivity index (χ2n) is 5.49. The fourth-order valence-electron chi connectivity index (χ4n) is 2.49. The first-order valence-electron chi connectivity index (χ1n) is 6.82. The summed E-state index contributed by atoms with van der Waals surface area (Å²) in [6.45, 7) is 5.26. The normalized spacial score (nSPS) is 13.1. The Morgan fingerprint density at radius 3 is 2.63 bits per heavy atom. The van der Waals surface area contributed by atoms with Crippen molar-refractivity contribution in [1.29, 1.82) is 0 Å².